The fourth-order valence-corrected chi connectivity index (χ4v) is 1.73. The highest BCUT2D eigenvalue weighted by atomic mass is 16.5. The van der Waals surface area contributed by atoms with Gasteiger partial charge >= 0.3 is 5.97 Å². The number of carbonyl (C=O) groups excluding carboxylic acids is 2. The third kappa shape index (κ3) is 4.17. The number of amides is 1. The lowest BCUT2D eigenvalue weighted by molar-refractivity contribution is -0.144. The van der Waals surface area contributed by atoms with Gasteiger partial charge in [0.05, 0.1) is 12.8 Å². The number of rotatable bonds is 5. The lowest BCUT2D eigenvalue weighted by Crippen LogP contribution is -2.41. The molecule has 0 heterocycles. The number of carbonyl (C=O) groups is 2. The number of nitrogens with one attached hydrogen (secondary N) is 2. The number of benzene rings is 1. The minimum atomic E-state index is -0.739. The van der Waals surface area contributed by atoms with E-state index in [-0.39, 0.29) is 11.7 Å². The molecular weight excluding hydrogens is 248 g/mol. The van der Waals surface area contributed by atoms with Gasteiger partial charge in [-0.1, -0.05) is 6.07 Å². The Hall–Kier alpha value is -2.24. The molecule has 6 heteroatoms. The van der Waals surface area contributed by atoms with Gasteiger partial charge in [0, 0.05) is 20.4 Å². The molecule has 1 unspecified atom stereocenters. The van der Waals surface area contributed by atoms with Crippen molar-refractivity contribution in [3.05, 3.63) is 23.8 Å². The second kappa shape index (κ2) is 6.63. The van der Waals surface area contributed by atoms with E-state index in [0.717, 1.165) is 5.56 Å². The fourth-order valence-electron chi connectivity index (χ4n) is 1.73. The average Bonchev–Trinajstić information content (AvgIpc) is 2.38. The van der Waals surface area contributed by atoms with E-state index in [9.17, 15) is 14.7 Å². The summed E-state index contributed by atoms with van der Waals surface area (Å²) in [6.45, 7) is 1.34. The summed E-state index contributed by atoms with van der Waals surface area (Å²) in [5, 5.41) is 14.9. The Balaban J connectivity index is 2.89. The molecule has 0 fully saturated rings. The SMILES string of the molecule is CNc1cc(CC(NC(C)=O)C(=O)OC)ccc1O. The summed E-state index contributed by atoms with van der Waals surface area (Å²) < 4.78 is 4.65. The van der Waals surface area contributed by atoms with Gasteiger partial charge in [-0.2, -0.15) is 0 Å². The van der Waals surface area contributed by atoms with E-state index < -0.39 is 12.0 Å². The average molecular weight is 266 g/mol. The van der Waals surface area contributed by atoms with Crippen molar-refractivity contribution >= 4 is 17.6 Å². The van der Waals surface area contributed by atoms with Crippen LogP contribution in [0.15, 0.2) is 18.2 Å². The van der Waals surface area contributed by atoms with E-state index in [2.05, 4.69) is 15.4 Å². The summed E-state index contributed by atoms with van der Waals surface area (Å²) >= 11 is 0. The van der Waals surface area contributed by atoms with E-state index in [1.807, 2.05) is 0 Å². The Kier molecular flexibility index (Phi) is 5.17. The van der Waals surface area contributed by atoms with Gasteiger partial charge in [0.2, 0.25) is 5.91 Å². The quantitative estimate of drug-likeness (QED) is 0.538. The van der Waals surface area contributed by atoms with Gasteiger partial charge in [-0.25, -0.2) is 4.79 Å². The lowest BCUT2D eigenvalue weighted by Gasteiger charge is -2.16. The standard InChI is InChI=1S/C13H18N2O4/c1-8(16)15-11(13(18)19-3)7-9-4-5-12(17)10(6-9)14-2/h4-6,11,14,17H,7H2,1-3H3,(H,15,16). The van der Waals surface area contributed by atoms with Crippen molar-refractivity contribution < 1.29 is 19.4 Å². The lowest BCUT2D eigenvalue weighted by atomic mass is 10.0. The number of aromatic hydroxyl groups is 1. The number of phenolic OH excluding ortho intramolecular Hbond substituents is 1. The van der Waals surface area contributed by atoms with Gasteiger partial charge in [0.1, 0.15) is 11.8 Å². The fraction of sp³-hybridized carbons (Fsp3) is 0.385. The van der Waals surface area contributed by atoms with E-state index >= 15 is 0 Å². The highest BCUT2D eigenvalue weighted by Crippen LogP contribution is 2.24. The van der Waals surface area contributed by atoms with Crippen LogP contribution in [0.5, 0.6) is 5.75 Å². The van der Waals surface area contributed by atoms with Gasteiger partial charge in [0.25, 0.3) is 0 Å². The Labute approximate surface area is 111 Å². The molecule has 0 saturated carbocycles. The number of hydrogen-bond acceptors (Lipinski definition) is 5. The van der Waals surface area contributed by atoms with Gasteiger partial charge in [0.15, 0.2) is 0 Å². The maximum atomic E-state index is 11.6. The number of methoxy groups -OCH3 is 1. The van der Waals surface area contributed by atoms with Crippen molar-refractivity contribution in [3.8, 4) is 5.75 Å². The van der Waals surface area contributed by atoms with Crippen molar-refractivity contribution in [1.82, 2.24) is 5.32 Å². The van der Waals surface area contributed by atoms with Crippen LogP contribution in [-0.2, 0) is 20.7 Å². The minimum absolute atomic E-state index is 0.125. The van der Waals surface area contributed by atoms with Crippen molar-refractivity contribution in [2.45, 2.75) is 19.4 Å². The molecule has 19 heavy (non-hydrogen) atoms. The first kappa shape index (κ1) is 14.8. The second-order valence-corrected chi connectivity index (χ2v) is 4.08. The predicted octanol–water partition coefficient (Wildman–Crippen LogP) is 0.654. The summed E-state index contributed by atoms with van der Waals surface area (Å²) in [5.74, 6) is -0.683. The third-order valence-corrected chi connectivity index (χ3v) is 2.63. The van der Waals surface area contributed by atoms with E-state index in [4.69, 9.17) is 0 Å². The molecule has 1 aromatic rings. The molecule has 0 saturated heterocycles. The molecule has 1 atom stereocenters. The van der Waals surface area contributed by atoms with Crippen molar-refractivity contribution in [1.29, 1.82) is 0 Å². The molecule has 0 aliphatic heterocycles. The summed E-state index contributed by atoms with van der Waals surface area (Å²) in [5.41, 5.74) is 1.36. The third-order valence-electron chi connectivity index (χ3n) is 2.63. The Bertz CT molecular complexity index is 474. The topological polar surface area (TPSA) is 87.7 Å². The normalized spacial score (nSPS) is 11.5. The molecule has 104 valence electrons. The summed E-state index contributed by atoms with van der Waals surface area (Å²) in [6, 6.07) is 4.20. The highest BCUT2D eigenvalue weighted by molar-refractivity contribution is 5.83. The molecule has 1 rings (SSSR count). The zero-order valence-electron chi connectivity index (χ0n) is 11.2. The van der Waals surface area contributed by atoms with Crippen molar-refractivity contribution in [3.63, 3.8) is 0 Å². The van der Waals surface area contributed by atoms with Crippen LogP contribution in [0.2, 0.25) is 0 Å². The molecule has 0 radical (unpaired) electrons. The van der Waals surface area contributed by atoms with E-state index in [0.29, 0.717) is 12.1 Å². The Morgan fingerprint density at radius 1 is 1.42 bits per heavy atom. The molecule has 0 aliphatic carbocycles. The van der Waals surface area contributed by atoms with Crippen LogP contribution in [0, 0.1) is 0 Å². The van der Waals surface area contributed by atoms with Crippen LogP contribution in [0.25, 0.3) is 0 Å². The molecule has 6 nitrogen and oxygen atoms in total. The predicted molar refractivity (Wildman–Crippen MR) is 71.0 cm³/mol. The smallest absolute Gasteiger partial charge is 0.328 e. The van der Waals surface area contributed by atoms with Crippen LogP contribution in [-0.4, -0.2) is 37.2 Å². The monoisotopic (exact) mass is 266 g/mol. The van der Waals surface area contributed by atoms with Crippen molar-refractivity contribution in [2.75, 3.05) is 19.5 Å². The zero-order chi connectivity index (χ0) is 14.4. The maximum absolute atomic E-state index is 11.6. The number of hydrogen-bond donors (Lipinski definition) is 3. The molecule has 0 bridgehead atoms. The zero-order valence-corrected chi connectivity index (χ0v) is 11.2. The molecular formula is C13H18N2O4. The number of anilines is 1. The minimum Gasteiger partial charge on any atom is -0.506 e. The molecule has 0 spiro atoms. The van der Waals surface area contributed by atoms with Crippen LogP contribution < -0.4 is 10.6 Å². The van der Waals surface area contributed by atoms with Gasteiger partial charge in [-0.3, -0.25) is 4.79 Å². The van der Waals surface area contributed by atoms with Gasteiger partial charge < -0.3 is 20.5 Å². The Morgan fingerprint density at radius 3 is 2.63 bits per heavy atom. The van der Waals surface area contributed by atoms with Crippen LogP contribution >= 0.6 is 0 Å². The molecule has 1 aromatic carbocycles. The molecule has 1 amide bonds. The molecule has 0 aliphatic rings. The van der Waals surface area contributed by atoms with Crippen molar-refractivity contribution in [2.24, 2.45) is 0 Å². The second-order valence-electron chi connectivity index (χ2n) is 4.08. The Morgan fingerprint density at radius 2 is 2.11 bits per heavy atom. The maximum Gasteiger partial charge on any atom is 0.328 e. The number of ether oxygens (including phenoxy) is 1. The van der Waals surface area contributed by atoms with E-state index in [1.165, 1.54) is 20.1 Å². The first-order valence-corrected chi connectivity index (χ1v) is 5.82. The largest absolute Gasteiger partial charge is 0.506 e. The highest BCUT2D eigenvalue weighted by Gasteiger charge is 2.20. The molecule has 3 N–H and O–H groups in total. The van der Waals surface area contributed by atoms with E-state index in [1.54, 1.807) is 19.2 Å². The first-order valence-electron chi connectivity index (χ1n) is 5.82. The summed E-state index contributed by atoms with van der Waals surface area (Å²) in [4.78, 5) is 22.6. The number of esters is 1. The summed E-state index contributed by atoms with van der Waals surface area (Å²) in [7, 11) is 2.96. The van der Waals surface area contributed by atoms with Crippen LogP contribution in [0.3, 0.4) is 0 Å². The van der Waals surface area contributed by atoms with Gasteiger partial charge in [-0.05, 0) is 17.7 Å². The van der Waals surface area contributed by atoms with Crippen LogP contribution in [0.1, 0.15) is 12.5 Å². The first-order chi connectivity index (χ1) is 8.97. The summed E-state index contributed by atoms with van der Waals surface area (Å²) in [6.07, 6.45) is 0.293. The van der Waals surface area contributed by atoms with Crippen LogP contribution in [0.4, 0.5) is 5.69 Å². The number of phenols is 1. The molecule has 0 aromatic heterocycles. The van der Waals surface area contributed by atoms with Gasteiger partial charge in [-0.15, -0.1) is 0 Å².